The molecule has 29 heavy (non-hydrogen) atoms. The number of ether oxygens (including phenoxy) is 3. The van der Waals surface area contributed by atoms with Crippen LogP contribution in [-0.2, 0) is 12.7 Å². The van der Waals surface area contributed by atoms with E-state index in [1.54, 1.807) is 33.5 Å². The summed E-state index contributed by atoms with van der Waals surface area (Å²) < 4.78 is 55.1. The first-order chi connectivity index (χ1) is 13.9. The van der Waals surface area contributed by atoms with Gasteiger partial charge in [0.05, 0.1) is 26.9 Å². The number of nitrogens with zero attached hydrogens (tertiary/aromatic N) is 2. The van der Waals surface area contributed by atoms with Gasteiger partial charge in [0.15, 0.2) is 11.5 Å². The number of hydrogen-bond donors (Lipinski definition) is 0. The summed E-state index contributed by atoms with van der Waals surface area (Å²) in [7, 11) is 4.77. The Morgan fingerprint density at radius 3 is 2.03 bits per heavy atom. The normalized spacial score (nSPS) is 15.3. The standard InChI is InChI=1S/C21H25F3N2O3/c1-27-18-13-20(29-3)19(28-2)11-15(18)14-25-7-9-26(10-8-25)17-6-4-5-16(12-17)21(22,23)24/h4-6,11-13H,7-10,14H2,1-3H3. The number of rotatable bonds is 6. The minimum absolute atomic E-state index is 0.600. The molecule has 0 aromatic heterocycles. The van der Waals surface area contributed by atoms with Gasteiger partial charge in [0, 0.05) is 50.0 Å². The highest BCUT2D eigenvalue weighted by Gasteiger charge is 2.31. The molecule has 1 aliphatic rings. The van der Waals surface area contributed by atoms with E-state index in [2.05, 4.69) is 4.90 Å². The molecule has 0 atom stereocenters. The predicted octanol–water partition coefficient (Wildman–Crippen LogP) is 4.05. The smallest absolute Gasteiger partial charge is 0.416 e. The van der Waals surface area contributed by atoms with Crippen molar-refractivity contribution >= 4 is 5.69 Å². The fourth-order valence-corrected chi connectivity index (χ4v) is 3.50. The van der Waals surface area contributed by atoms with E-state index in [9.17, 15) is 13.2 Å². The first-order valence-electron chi connectivity index (χ1n) is 9.29. The summed E-state index contributed by atoms with van der Waals surface area (Å²) in [4.78, 5) is 4.23. The number of halogens is 3. The molecule has 2 aromatic carbocycles. The second-order valence-electron chi connectivity index (χ2n) is 6.83. The van der Waals surface area contributed by atoms with Crippen LogP contribution in [0.25, 0.3) is 0 Å². The SMILES string of the molecule is COc1cc(OC)c(OC)cc1CN1CCN(c2cccc(C(F)(F)F)c2)CC1. The topological polar surface area (TPSA) is 34.2 Å². The molecule has 0 bridgehead atoms. The van der Waals surface area contributed by atoms with Crippen LogP contribution in [0.3, 0.4) is 0 Å². The maximum Gasteiger partial charge on any atom is 0.416 e. The lowest BCUT2D eigenvalue weighted by Crippen LogP contribution is -2.46. The van der Waals surface area contributed by atoms with E-state index < -0.39 is 11.7 Å². The zero-order valence-corrected chi connectivity index (χ0v) is 16.8. The van der Waals surface area contributed by atoms with Crippen molar-refractivity contribution in [2.45, 2.75) is 12.7 Å². The Morgan fingerprint density at radius 1 is 0.828 bits per heavy atom. The molecule has 158 valence electrons. The Hall–Kier alpha value is -2.61. The molecular weight excluding hydrogens is 385 g/mol. The minimum Gasteiger partial charge on any atom is -0.496 e. The van der Waals surface area contributed by atoms with Gasteiger partial charge in [0.25, 0.3) is 0 Å². The molecule has 2 aromatic rings. The van der Waals surface area contributed by atoms with E-state index in [1.807, 2.05) is 11.0 Å². The zero-order valence-electron chi connectivity index (χ0n) is 16.8. The largest absolute Gasteiger partial charge is 0.496 e. The monoisotopic (exact) mass is 410 g/mol. The maximum absolute atomic E-state index is 13.0. The Kier molecular flexibility index (Phi) is 6.42. The van der Waals surface area contributed by atoms with E-state index in [-0.39, 0.29) is 0 Å². The highest BCUT2D eigenvalue weighted by molar-refractivity contribution is 5.51. The van der Waals surface area contributed by atoms with E-state index in [1.165, 1.54) is 12.1 Å². The molecule has 0 aliphatic carbocycles. The van der Waals surface area contributed by atoms with Crippen molar-refractivity contribution in [1.82, 2.24) is 4.90 Å². The lowest BCUT2D eigenvalue weighted by Gasteiger charge is -2.36. The summed E-state index contributed by atoms with van der Waals surface area (Å²) in [5.41, 5.74) is 0.952. The third-order valence-corrected chi connectivity index (χ3v) is 5.09. The fraction of sp³-hybridized carbons (Fsp3) is 0.429. The van der Waals surface area contributed by atoms with E-state index >= 15 is 0 Å². The first kappa shape index (κ1) is 21.1. The van der Waals surface area contributed by atoms with E-state index in [0.29, 0.717) is 42.6 Å². The summed E-state index contributed by atoms with van der Waals surface area (Å²) >= 11 is 0. The van der Waals surface area contributed by atoms with Crippen LogP contribution in [0.15, 0.2) is 36.4 Å². The van der Waals surface area contributed by atoms with Crippen molar-refractivity contribution in [2.75, 3.05) is 52.4 Å². The number of piperazine rings is 1. The Labute approximate surface area is 168 Å². The second kappa shape index (κ2) is 8.82. The molecule has 1 aliphatic heterocycles. The van der Waals surface area contributed by atoms with Crippen molar-refractivity contribution in [1.29, 1.82) is 0 Å². The molecule has 0 radical (unpaired) electrons. The van der Waals surface area contributed by atoms with Crippen molar-refractivity contribution in [3.05, 3.63) is 47.5 Å². The summed E-state index contributed by atoms with van der Waals surface area (Å²) in [5.74, 6) is 1.94. The number of alkyl halides is 3. The molecule has 5 nitrogen and oxygen atoms in total. The number of methoxy groups -OCH3 is 3. The van der Waals surface area contributed by atoms with Gasteiger partial charge in [0.1, 0.15) is 5.75 Å². The number of anilines is 1. The van der Waals surface area contributed by atoms with Gasteiger partial charge in [-0.2, -0.15) is 13.2 Å². The molecule has 1 heterocycles. The van der Waals surface area contributed by atoms with E-state index in [4.69, 9.17) is 14.2 Å². The van der Waals surface area contributed by atoms with Crippen LogP contribution < -0.4 is 19.1 Å². The molecule has 0 N–H and O–H groups in total. The van der Waals surface area contributed by atoms with Gasteiger partial charge in [0.2, 0.25) is 0 Å². The average Bonchev–Trinajstić information content (AvgIpc) is 2.73. The van der Waals surface area contributed by atoms with Crippen LogP contribution in [0.5, 0.6) is 17.2 Å². The van der Waals surface area contributed by atoms with Gasteiger partial charge in [-0.1, -0.05) is 6.07 Å². The Morgan fingerprint density at radius 2 is 1.45 bits per heavy atom. The van der Waals surface area contributed by atoms with Crippen molar-refractivity contribution in [3.63, 3.8) is 0 Å². The molecule has 3 rings (SSSR count). The average molecular weight is 410 g/mol. The number of hydrogen-bond acceptors (Lipinski definition) is 5. The highest BCUT2D eigenvalue weighted by Crippen LogP contribution is 2.36. The quantitative estimate of drug-likeness (QED) is 0.718. The Balaban J connectivity index is 1.68. The summed E-state index contributed by atoms with van der Waals surface area (Å²) in [5, 5.41) is 0. The molecule has 1 saturated heterocycles. The lowest BCUT2D eigenvalue weighted by atomic mass is 10.1. The van der Waals surface area contributed by atoms with Gasteiger partial charge < -0.3 is 19.1 Å². The molecule has 0 saturated carbocycles. The maximum atomic E-state index is 13.0. The van der Waals surface area contributed by atoms with E-state index in [0.717, 1.165) is 24.7 Å². The van der Waals surface area contributed by atoms with Crippen molar-refractivity contribution in [3.8, 4) is 17.2 Å². The minimum atomic E-state index is -4.33. The van der Waals surface area contributed by atoms with Crippen LogP contribution in [0.1, 0.15) is 11.1 Å². The zero-order chi connectivity index (χ0) is 21.0. The Bertz CT molecular complexity index is 834. The molecule has 0 spiro atoms. The summed E-state index contributed by atoms with van der Waals surface area (Å²) in [6, 6.07) is 9.20. The van der Waals surface area contributed by atoms with Crippen LogP contribution in [0.4, 0.5) is 18.9 Å². The van der Waals surface area contributed by atoms with Crippen LogP contribution in [-0.4, -0.2) is 52.4 Å². The highest BCUT2D eigenvalue weighted by atomic mass is 19.4. The van der Waals surface area contributed by atoms with Gasteiger partial charge in [-0.05, 0) is 24.3 Å². The lowest BCUT2D eigenvalue weighted by molar-refractivity contribution is -0.137. The predicted molar refractivity (Wildman–Crippen MR) is 105 cm³/mol. The van der Waals surface area contributed by atoms with Gasteiger partial charge in [-0.15, -0.1) is 0 Å². The fourth-order valence-electron chi connectivity index (χ4n) is 3.50. The molecule has 0 amide bonds. The molecule has 8 heteroatoms. The van der Waals surface area contributed by atoms with Crippen molar-refractivity contribution in [2.24, 2.45) is 0 Å². The van der Waals surface area contributed by atoms with Gasteiger partial charge in [-0.25, -0.2) is 0 Å². The summed E-state index contributed by atoms with van der Waals surface area (Å²) in [6.45, 7) is 3.41. The van der Waals surface area contributed by atoms with Crippen LogP contribution >= 0.6 is 0 Å². The van der Waals surface area contributed by atoms with Crippen molar-refractivity contribution < 1.29 is 27.4 Å². The number of benzene rings is 2. The molecule has 1 fully saturated rings. The third-order valence-electron chi connectivity index (χ3n) is 5.09. The first-order valence-corrected chi connectivity index (χ1v) is 9.29. The second-order valence-corrected chi connectivity index (χ2v) is 6.83. The molecule has 0 unspecified atom stereocenters. The molecular formula is C21H25F3N2O3. The van der Waals surface area contributed by atoms with Crippen LogP contribution in [0.2, 0.25) is 0 Å². The van der Waals surface area contributed by atoms with Gasteiger partial charge in [-0.3, -0.25) is 4.90 Å². The van der Waals surface area contributed by atoms with Gasteiger partial charge >= 0.3 is 6.18 Å². The summed E-state index contributed by atoms with van der Waals surface area (Å²) in [6.07, 6.45) is -4.33. The third kappa shape index (κ3) is 4.87. The van der Waals surface area contributed by atoms with Crippen LogP contribution in [0, 0.1) is 0 Å².